The Morgan fingerprint density at radius 3 is 1.41 bits per heavy atom. The molecule has 0 aromatic heterocycles. The average molecular weight is 377 g/mol. The van der Waals surface area contributed by atoms with Crippen molar-refractivity contribution in [2.45, 2.75) is 5.92 Å². The molecular formula is C20H12F5NO. The van der Waals surface area contributed by atoms with Gasteiger partial charge >= 0.3 is 0 Å². The van der Waals surface area contributed by atoms with Crippen LogP contribution in [0.25, 0.3) is 0 Å². The molecule has 3 aromatic carbocycles. The van der Waals surface area contributed by atoms with Gasteiger partial charge in [-0.05, 0) is 11.1 Å². The fourth-order valence-electron chi connectivity index (χ4n) is 2.70. The van der Waals surface area contributed by atoms with Crippen LogP contribution in [0.4, 0.5) is 27.6 Å². The molecule has 1 amide bonds. The number of hydrogen-bond donors (Lipinski definition) is 1. The van der Waals surface area contributed by atoms with Crippen LogP contribution in [0.1, 0.15) is 17.0 Å². The van der Waals surface area contributed by atoms with Crippen LogP contribution in [0.3, 0.4) is 0 Å². The first-order chi connectivity index (χ1) is 12.9. The van der Waals surface area contributed by atoms with E-state index in [1.807, 2.05) is 5.32 Å². The average Bonchev–Trinajstić information content (AvgIpc) is 2.70. The van der Waals surface area contributed by atoms with Gasteiger partial charge in [0.25, 0.3) is 0 Å². The summed E-state index contributed by atoms with van der Waals surface area (Å²) in [6.07, 6.45) is 0. The van der Waals surface area contributed by atoms with Crippen molar-refractivity contribution >= 4 is 11.6 Å². The lowest BCUT2D eigenvalue weighted by Crippen LogP contribution is -2.24. The number of nitrogens with one attached hydrogen (secondary N) is 1. The number of benzene rings is 3. The van der Waals surface area contributed by atoms with Crippen molar-refractivity contribution in [3.8, 4) is 0 Å². The Morgan fingerprint density at radius 1 is 0.630 bits per heavy atom. The van der Waals surface area contributed by atoms with Crippen molar-refractivity contribution in [1.82, 2.24) is 0 Å². The van der Waals surface area contributed by atoms with E-state index in [-0.39, 0.29) is 0 Å². The van der Waals surface area contributed by atoms with Gasteiger partial charge in [0.15, 0.2) is 23.3 Å². The molecule has 0 aliphatic carbocycles. The number of carbonyl (C=O) groups is 1. The summed E-state index contributed by atoms with van der Waals surface area (Å²) in [5, 5.41) is 1.85. The largest absolute Gasteiger partial charge is 0.320 e. The molecule has 2 nitrogen and oxygen atoms in total. The Balaban J connectivity index is 2.05. The third-order valence-electron chi connectivity index (χ3n) is 3.99. The molecule has 0 unspecified atom stereocenters. The maximum atomic E-state index is 13.9. The number of hydrogen-bond acceptors (Lipinski definition) is 1. The van der Waals surface area contributed by atoms with E-state index in [1.165, 1.54) is 0 Å². The Hall–Kier alpha value is -3.22. The smallest absolute Gasteiger partial charge is 0.236 e. The summed E-state index contributed by atoms with van der Waals surface area (Å²) in [4.78, 5) is 12.7. The molecule has 0 saturated heterocycles. The van der Waals surface area contributed by atoms with E-state index in [0.717, 1.165) is 0 Å². The zero-order valence-corrected chi connectivity index (χ0v) is 13.6. The molecule has 0 aliphatic heterocycles. The van der Waals surface area contributed by atoms with Crippen molar-refractivity contribution in [2.75, 3.05) is 5.32 Å². The molecular weight excluding hydrogens is 365 g/mol. The first kappa shape index (κ1) is 18.6. The van der Waals surface area contributed by atoms with Gasteiger partial charge in [0, 0.05) is 0 Å². The van der Waals surface area contributed by atoms with E-state index in [9.17, 15) is 26.7 Å². The van der Waals surface area contributed by atoms with E-state index in [1.54, 1.807) is 60.7 Å². The second-order valence-corrected chi connectivity index (χ2v) is 5.69. The zero-order chi connectivity index (χ0) is 19.6. The molecule has 3 aromatic rings. The highest BCUT2D eigenvalue weighted by Crippen LogP contribution is 2.30. The summed E-state index contributed by atoms with van der Waals surface area (Å²) in [7, 11) is 0. The minimum absolute atomic E-state index is 0.491. The van der Waals surface area contributed by atoms with Crippen LogP contribution < -0.4 is 5.32 Å². The second kappa shape index (κ2) is 7.57. The van der Waals surface area contributed by atoms with Gasteiger partial charge in [-0.25, -0.2) is 22.0 Å². The molecule has 0 spiro atoms. The number of amides is 1. The van der Waals surface area contributed by atoms with Gasteiger partial charge in [-0.2, -0.15) is 0 Å². The lowest BCUT2D eigenvalue weighted by atomic mass is 9.90. The molecule has 0 saturated carbocycles. The minimum Gasteiger partial charge on any atom is -0.320 e. The third kappa shape index (κ3) is 3.53. The molecule has 7 heteroatoms. The Kier molecular flexibility index (Phi) is 5.21. The fourth-order valence-corrected chi connectivity index (χ4v) is 2.70. The zero-order valence-electron chi connectivity index (χ0n) is 13.6. The fraction of sp³-hybridized carbons (Fsp3) is 0.0500. The Morgan fingerprint density at radius 2 is 1.00 bits per heavy atom. The summed E-state index contributed by atoms with van der Waals surface area (Å²) >= 11 is 0. The highest BCUT2D eigenvalue weighted by molar-refractivity contribution is 5.98. The van der Waals surface area contributed by atoms with Crippen LogP contribution in [-0.4, -0.2) is 5.91 Å². The lowest BCUT2D eigenvalue weighted by Gasteiger charge is -2.18. The number of rotatable bonds is 4. The summed E-state index contributed by atoms with van der Waals surface area (Å²) < 4.78 is 67.7. The summed E-state index contributed by atoms with van der Waals surface area (Å²) in [6, 6.07) is 16.6. The van der Waals surface area contributed by atoms with Crippen molar-refractivity contribution in [2.24, 2.45) is 0 Å². The van der Waals surface area contributed by atoms with Crippen LogP contribution in [-0.2, 0) is 4.79 Å². The summed E-state index contributed by atoms with van der Waals surface area (Å²) in [5.41, 5.74) is -0.400. The van der Waals surface area contributed by atoms with E-state index in [0.29, 0.717) is 11.1 Å². The first-order valence-corrected chi connectivity index (χ1v) is 7.84. The van der Waals surface area contributed by atoms with Gasteiger partial charge < -0.3 is 5.32 Å². The van der Waals surface area contributed by atoms with Crippen molar-refractivity contribution < 1.29 is 26.7 Å². The molecule has 27 heavy (non-hydrogen) atoms. The second-order valence-electron chi connectivity index (χ2n) is 5.69. The van der Waals surface area contributed by atoms with Crippen molar-refractivity contribution in [3.05, 3.63) is 101 Å². The van der Waals surface area contributed by atoms with E-state index >= 15 is 0 Å². The van der Waals surface area contributed by atoms with Crippen molar-refractivity contribution in [1.29, 1.82) is 0 Å². The summed E-state index contributed by atoms with van der Waals surface area (Å²) in [5.74, 6) is -12.7. The van der Waals surface area contributed by atoms with E-state index in [2.05, 4.69) is 0 Å². The highest BCUT2D eigenvalue weighted by Gasteiger charge is 2.30. The monoisotopic (exact) mass is 377 g/mol. The van der Waals surface area contributed by atoms with Gasteiger partial charge in [0.05, 0.1) is 5.92 Å². The first-order valence-electron chi connectivity index (χ1n) is 7.84. The summed E-state index contributed by atoms with van der Waals surface area (Å²) in [6.45, 7) is 0. The topological polar surface area (TPSA) is 29.1 Å². The minimum atomic E-state index is -2.29. The molecule has 0 fully saturated rings. The quantitative estimate of drug-likeness (QED) is 0.380. The molecule has 1 N–H and O–H groups in total. The van der Waals surface area contributed by atoms with Gasteiger partial charge in [0.2, 0.25) is 11.7 Å². The van der Waals surface area contributed by atoms with Crippen LogP contribution in [0.15, 0.2) is 60.7 Å². The van der Waals surface area contributed by atoms with Gasteiger partial charge in [-0.1, -0.05) is 60.7 Å². The van der Waals surface area contributed by atoms with Crippen LogP contribution in [0.5, 0.6) is 0 Å². The van der Waals surface area contributed by atoms with Crippen molar-refractivity contribution in [3.63, 3.8) is 0 Å². The number of halogens is 5. The van der Waals surface area contributed by atoms with Gasteiger partial charge in [-0.3, -0.25) is 4.79 Å². The molecule has 0 bridgehead atoms. The van der Waals surface area contributed by atoms with E-state index < -0.39 is 46.6 Å². The molecule has 3 rings (SSSR count). The number of carbonyl (C=O) groups excluding carboxylic acids is 1. The molecule has 0 radical (unpaired) electrons. The maximum Gasteiger partial charge on any atom is 0.236 e. The predicted molar refractivity (Wildman–Crippen MR) is 89.6 cm³/mol. The normalized spacial score (nSPS) is 10.9. The molecule has 0 heterocycles. The maximum absolute atomic E-state index is 13.9. The standard InChI is InChI=1S/C20H12F5NO/c21-14-15(22)17(24)19(18(25)16(14)23)26-20(27)13(11-7-3-1-4-8-11)12-9-5-2-6-10-12/h1-10,13H,(H,26,27). The third-order valence-corrected chi connectivity index (χ3v) is 3.99. The van der Waals surface area contributed by atoms with Crippen LogP contribution >= 0.6 is 0 Å². The Labute approximate surface area is 151 Å². The van der Waals surface area contributed by atoms with Crippen LogP contribution in [0.2, 0.25) is 0 Å². The SMILES string of the molecule is O=C(Nc1c(F)c(F)c(F)c(F)c1F)C(c1ccccc1)c1ccccc1. The van der Waals surface area contributed by atoms with Gasteiger partial charge in [-0.15, -0.1) is 0 Å². The predicted octanol–water partition coefficient (Wildman–Crippen LogP) is 5.15. The van der Waals surface area contributed by atoms with E-state index in [4.69, 9.17) is 0 Å². The van der Waals surface area contributed by atoms with Gasteiger partial charge in [0.1, 0.15) is 5.69 Å². The van der Waals surface area contributed by atoms with Crippen LogP contribution in [0, 0.1) is 29.1 Å². The Bertz CT molecular complexity index is 908. The molecule has 138 valence electrons. The molecule has 0 atom stereocenters. The molecule has 0 aliphatic rings. The number of anilines is 1. The lowest BCUT2D eigenvalue weighted by molar-refractivity contribution is -0.116. The highest BCUT2D eigenvalue weighted by atomic mass is 19.2.